The number of benzene rings is 2. The first-order valence-electron chi connectivity index (χ1n) is 6.02. The fourth-order valence-corrected chi connectivity index (χ4v) is 1.85. The van der Waals surface area contributed by atoms with Crippen molar-refractivity contribution in [2.75, 3.05) is 0 Å². The van der Waals surface area contributed by atoms with Gasteiger partial charge in [0.25, 0.3) is 0 Å². The molecule has 2 rings (SSSR count). The van der Waals surface area contributed by atoms with Crippen molar-refractivity contribution < 1.29 is 14.7 Å². The van der Waals surface area contributed by atoms with E-state index < -0.39 is 11.9 Å². The van der Waals surface area contributed by atoms with Crippen LogP contribution >= 0.6 is 0 Å². The molecule has 2 aromatic carbocycles. The number of carboxylic acid groups (broad SMARTS) is 1. The third kappa shape index (κ3) is 3.79. The maximum absolute atomic E-state index is 12.2. The quantitative estimate of drug-likeness (QED) is 0.690. The molecular formula is C16H15NaO3. The second-order valence-corrected chi connectivity index (χ2v) is 4.38. The van der Waals surface area contributed by atoms with Crippen molar-refractivity contribution in [3.63, 3.8) is 0 Å². The molecule has 0 unspecified atom stereocenters. The van der Waals surface area contributed by atoms with Gasteiger partial charge in [-0.25, -0.2) is 0 Å². The first-order chi connectivity index (χ1) is 9.09. The van der Waals surface area contributed by atoms with Crippen molar-refractivity contribution in [3.05, 3.63) is 71.3 Å². The van der Waals surface area contributed by atoms with Crippen molar-refractivity contribution in [1.29, 1.82) is 0 Å². The van der Waals surface area contributed by atoms with Crippen LogP contribution in [0.2, 0.25) is 0 Å². The number of aliphatic carboxylic acids is 1. The van der Waals surface area contributed by atoms with Gasteiger partial charge in [0.15, 0.2) is 5.78 Å². The molecule has 0 fully saturated rings. The van der Waals surface area contributed by atoms with Crippen LogP contribution in [0, 0.1) is 0 Å². The summed E-state index contributed by atoms with van der Waals surface area (Å²) < 4.78 is 0. The molecule has 0 aromatic heterocycles. The van der Waals surface area contributed by atoms with Crippen LogP contribution in [0.1, 0.15) is 34.3 Å². The van der Waals surface area contributed by atoms with E-state index in [2.05, 4.69) is 0 Å². The van der Waals surface area contributed by atoms with E-state index in [0.29, 0.717) is 16.7 Å². The van der Waals surface area contributed by atoms with Gasteiger partial charge in [-0.1, -0.05) is 48.5 Å². The van der Waals surface area contributed by atoms with Crippen LogP contribution in [0.4, 0.5) is 0 Å². The van der Waals surface area contributed by atoms with Crippen LogP contribution in [0.15, 0.2) is 54.6 Å². The van der Waals surface area contributed by atoms with Gasteiger partial charge in [-0.2, -0.15) is 0 Å². The third-order valence-electron chi connectivity index (χ3n) is 3.06. The van der Waals surface area contributed by atoms with E-state index in [-0.39, 0.29) is 35.3 Å². The minimum absolute atomic E-state index is 0. The first kappa shape index (κ1) is 16.6. The molecule has 0 heterocycles. The first-order valence-corrected chi connectivity index (χ1v) is 6.02. The summed E-state index contributed by atoms with van der Waals surface area (Å²) in [5.74, 6) is -1.62. The van der Waals surface area contributed by atoms with Gasteiger partial charge < -0.3 is 5.11 Å². The number of carbonyl (C=O) groups is 2. The van der Waals surface area contributed by atoms with E-state index in [4.69, 9.17) is 5.11 Å². The summed E-state index contributed by atoms with van der Waals surface area (Å²) in [5.41, 5.74) is 1.74. The van der Waals surface area contributed by atoms with E-state index in [0.717, 1.165) is 0 Å². The standard InChI is InChI=1S/C16H14O3.Na.H/c1-11(16(18)19)13-8-5-9-14(10-13)15(17)12-6-3-2-4-7-12;;/h2-11H,1H3,(H,18,19);;/t11-;;/m0../s1. The van der Waals surface area contributed by atoms with Gasteiger partial charge in [0.1, 0.15) is 0 Å². The van der Waals surface area contributed by atoms with Gasteiger partial charge in [-0.05, 0) is 18.6 Å². The Morgan fingerprint density at radius 1 is 0.950 bits per heavy atom. The summed E-state index contributed by atoms with van der Waals surface area (Å²) in [5, 5.41) is 9.00. The van der Waals surface area contributed by atoms with E-state index >= 15 is 0 Å². The number of hydrogen-bond acceptors (Lipinski definition) is 2. The molecule has 0 saturated carbocycles. The molecule has 0 amide bonds. The zero-order chi connectivity index (χ0) is 13.8. The Bertz CT molecular complexity index is 608. The maximum atomic E-state index is 12.2. The normalized spacial score (nSPS) is 11.2. The monoisotopic (exact) mass is 278 g/mol. The van der Waals surface area contributed by atoms with Crippen LogP contribution in [-0.4, -0.2) is 46.4 Å². The van der Waals surface area contributed by atoms with Crippen molar-refractivity contribution in [2.45, 2.75) is 12.8 Å². The summed E-state index contributed by atoms with van der Waals surface area (Å²) in [6.45, 7) is 1.61. The zero-order valence-electron chi connectivity index (χ0n) is 10.5. The van der Waals surface area contributed by atoms with Crippen LogP contribution in [0.3, 0.4) is 0 Å². The molecule has 2 aromatic rings. The molecule has 4 heteroatoms. The molecule has 0 aliphatic heterocycles. The van der Waals surface area contributed by atoms with Crippen LogP contribution in [0.25, 0.3) is 0 Å². The average Bonchev–Trinajstić information content (AvgIpc) is 2.46. The van der Waals surface area contributed by atoms with Crippen molar-refractivity contribution in [3.8, 4) is 0 Å². The summed E-state index contributed by atoms with van der Waals surface area (Å²) in [6.07, 6.45) is 0. The Hall–Kier alpha value is -1.42. The number of rotatable bonds is 4. The summed E-state index contributed by atoms with van der Waals surface area (Å²) in [4.78, 5) is 23.2. The fraction of sp³-hybridized carbons (Fsp3) is 0.125. The predicted molar refractivity (Wildman–Crippen MR) is 79.5 cm³/mol. The molecule has 0 spiro atoms. The van der Waals surface area contributed by atoms with Crippen molar-refractivity contribution >= 4 is 41.3 Å². The molecule has 0 saturated heterocycles. The Balaban J connectivity index is 0.00000200. The van der Waals surface area contributed by atoms with E-state index in [1.165, 1.54) is 0 Å². The summed E-state index contributed by atoms with van der Waals surface area (Å²) in [6, 6.07) is 15.7. The molecule has 0 radical (unpaired) electrons. The summed E-state index contributed by atoms with van der Waals surface area (Å²) in [7, 11) is 0. The van der Waals surface area contributed by atoms with Gasteiger partial charge in [0.05, 0.1) is 5.92 Å². The minimum atomic E-state index is -0.899. The third-order valence-corrected chi connectivity index (χ3v) is 3.06. The predicted octanol–water partition coefficient (Wildman–Crippen LogP) is 2.46. The SMILES string of the molecule is C[C@H](C(=O)O)c1cccc(C(=O)c2ccccc2)c1.[NaH]. The molecule has 20 heavy (non-hydrogen) atoms. The molecule has 1 N–H and O–H groups in total. The number of hydrogen-bond donors (Lipinski definition) is 1. The molecule has 0 bridgehead atoms. The van der Waals surface area contributed by atoms with Crippen LogP contribution in [-0.2, 0) is 4.79 Å². The van der Waals surface area contributed by atoms with Gasteiger partial charge in [-0.3, -0.25) is 9.59 Å². The second kappa shape index (κ2) is 7.39. The molecule has 3 nitrogen and oxygen atoms in total. The van der Waals surface area contributed by atoms with Crippen molar-refractivity contribution in [1.82, 2.24) is 0 Å². The zero-order valence-corrected chi connectivity index (χ0v) is 10.5. The van der Waals surface area contributed by atoms with Crippen LogP contribution < -0.4 is 0 Å². The fourth-order valence-electron chi connectivity index (χ4n) is 1.85. The number of ketones is 1. The molecular weight excluding hydrogens is 263 g/mol. The summed E-state index contributed by atoms with van der Waals surface area (Å²) >= 11 is 0. The van der Waals surface area contributed by atoms with E-state index in [1.807, 2.05) is 6.07 Å². The van der Waals surface area contributed by atoms with Gasteiger partial charge >= 0.3 is 35.5 Å². The van der Waals surface area contributed by atoms with Crippen LogP contribution in [0.5, 0.6) is 0 Å². The van der Waals surface area contributed by atoms with E-state index in [9.17, 15) is 9.59 Å². The van der Waals surface area contributed by atoms with Crippen molar-refractivity contribution in [2.24, 2.45) is 0 Å². The average molecular weight is 278 g/mol. The topological polar surface area (TPSA) is 54.4 Å². The Labute approximate surface area is 139 Å². The number of carboxylic acids is 1. The molecule has 1 atom stereocenters. The Morgan fingerprint density at radius 3 is 2.15 bits per heavy atom. The molecule has 0 aliphatic carbocycles. The molecule has 98 valence electrons. The number of carbonyl (C=O) groups excluding carboxylic acids is 1. The second-order valence-electron chi connectivity index (χ2n) is 4.38. The van der Waals surface area contributed by atoms with E-state index in [1.54, 1.807) is 55.5 Å². The van der Waals surface area contributed by atoms with Gasteiger partial charge in [-0.15, -0.1) is 0 Å². The Morgan fingerprint density at radius 2 is 1.55 bits per heavy atom. The van der Waals surface area contributed by atoms with Gasteiger partial charge in [0.2, 0.25) is 0 Å². The molecule has 0 aliphatic rings. The van der Waals surface area contributed by atoms with Gasteiger partial charge in [0, 0.05) is 11.1 Å². The Kier molecular flexibility index (Phi) is 6.14.